The Labute approximate surface area is 122 Å². The Morgan fingerprint density at radius 3 is 2.45 bits per heavy atom. The molecule has 0 fully saturated rings. The van der Waals surface area contributed by atoms with Gasteiger partial charge in [-0.3, -0.25) is 4.79 Å². The molecular weight excluding hydrogens is 250 g/mol. The number of carbonyl (C=O) groups excluding carboxylic acids is 1. The van der Waals surface area contributed by atoms with Crippen molar-refractivity contribution >= 4 is 11.7 Å². The quantitative estimate of drug-likeness (QED) is 0.831. The Balaban J connectivity index is 2.93. The molecule has 0 aliphatic rings. The van der Waals surface area contributed by atoms with E-state index in [-0.39, 0.29) is 5.91 Å². The van der Waals surface area contributed by atoms with Gasteiger partial charge in [-0.1, -0.05) is 26.7 Å². The summed E-state index contributed by atoms with van der Waals surface area (Å²) in [7, 11) is 1.82. The molecule has 0 aromatic carbocycles. The van der Waals surface area contributed by atoms with Crippen LogP contribution in [0.3, 0.4) is 0 Å². The van der Waals surface area contributed by atoms with Crippen LogP contribution in [-0.4, -0.2) is 35.9 Å². The van der Waals surface area contributed by atoms with Gasteiger partial charge < -0.3 is 10.2 Å². The number of nitrogens with zero attached hydrogens (tertiary/aromatic N) is 2. The van der Waals surface area contributed by atoms with Crippen LogP contribution in [0.5, 0.6) is 0 Å². The summed E-state index contributed by atoms with van der Waals surface area (Å²) < 4.78 is 0. The Kier molecular flexibility index (Phi) is 6.49. The van der Waals surface area contributed by atoms with E-state index in [1.807, 2.05) is 37.9 Å². The lowest BCUT2D eigenvalue weighted by molar-refractivity contribution is 0.0735. The average Bonchev–Trinajstić information content (AvgIpc) is 2.47. The van der Waals surface area contributed by atoms with Crippen molar-refractivity contribution in [3.8, 4) is 0 Å². The number of hydrogen-bond acceptors (Lipinski definition) is 3. The molecule has 1 aromatic heterocycles. The van der Waals surface area contributed by atoms with Crippen molar-refractivity contribution in [3.63, 3.8) is 0 Å². The first kappa shape index (κ1) is 16.5. The van der Waals surface area contributed by atoms with Crippen molar-refractivity contribution in [1.82, 2.24) is 9.88 Å². The number of amides is 1. The smallest absolute Gasteiger partial charge is 0.254 e. The summed E-state index contributed by atoms with van der Waals surface area (Å²) in [5.74, 6) is 1.42. The van der Waals surface area contributed by atoms with Crippen molar-refractivity contribution in [3.05, 3.63) is 23.4 Å². The van der Waals surface area contributed by atoms with Gasteiger partial charge in [0.2, 0.25) is 0 Å². The van der Waals surface area contributed by atoms with Crippen molar-refractivity contribution in [2.45, 2.75) is 40.5 Å². The van der Waals surface area contributed by atoms with Gasteiger partial charge in [0.1, 0.15) is 5.82 Å². The SMILES string of the molecule is CCC(CC)CN(CC)C(=O)c1cc(C)nc(NC)c1. The second-order valence-corrected chi connectivity index (χ2v) is 5.16. The molecule has 1 N–H and O–H groups in total. The van der Waals surface area contributed by atoms with Crippen LogP contribution in [0.4, 0.5) is 5.82 Å². The number of carbonyl (C=O) groups is 1. The first-order valence-electron chi connectivity index (χ1n) is 7.51. The normalized spacial score (nSPS) is 10.7. The standard InChI is InChI=1S/C16H27N3O/c1-6-13(7-2)11-19(8-3)16(20)14-9-12(4)18-15(10-14)17-5/h9-10,13H,6-8,11H2,1-5H3,(H,17,18). The third-order valence-corrected chi connectivity index (χ3v) is 3.76. The molecule has 4 nitrogen and oxygen atoms in total. The number of pyridine rings is 1. The predicted molar refractivity (Wildman–Crippen MR) is 84.2 cm³/mol. The maximum absolute atomic E-state index is 12.6. The van der Waals surface area contributed by atoms with Gasteiger partial charge in [-0.15, -0.1) is 0 Å². The van der Waals surface area contributed by atoms with E-state index in [4.69, 9.17) is 0 Å². The number of anilines is 1. The van der Waals surface area contributed by atoms with Crippen molar-refractivity contribution in [2.24, 2.45) is 5.92 Å². The van der Waals surface area contributed by atoms with E-state index in [2.05, 4.69) is 24.1 Å². The summed E-state index contributed by atoms with van der Waals surface area (Å²) in [6.07, 6.45) is 2.22. The summed E-state index contributed by atoms with van der Waals surface area (Å²) >= 11 is 0. The molecule has 0 saturated carbocycles. The molecule has 0 radical (unpaired) electrons. The largest absolute Gasteiger partial charge is 0.373 e. The molecule has 20 heavy (non-hydrogen) atoms. The number of rotatable bonds is 7. The van der Waals surface area contributed by atoms with Crippen molar-refractivity contribution < 1.29 is 4.79 Å². The Bertz CT molecular complexity index is 441. The van der Waals surface area contributed by atoms with Gasteiger partial charge in [0, 0.05) is 31.4 Å². The molecule has 0 unspecified atom stereocenters. The van der Waals surface area contributed by atoms with Gasteiger partial charge >= 0.3 is 0 Å². The van der Waals surface area contributed by atoms with Gasteiger partial charge in [-0.05, 0) is 31.9 Å². The van der Waals surface area contributed by atoms with E-state index < -0.39 is 0 Å². The van der Waals surface area contributed by atoms with E-state index in [9.17, 15) is 4.79 Å². The molecule has 1 amide bonds. The van der Waals surface area contributed by atoms with Gasteiger partial charge in [-0.2, -0.15) is 0 Å². The first-order chi connectivity index (χ1) is 9.55. The molecule has 0 bridgehead atoms. The topological polar surface area (TPSA) is 45.2 Å². The zero-order chi connectivity index (χ0) is 15.1. The van der Waals surface area contributed by atoms with Crippen molar-refractivity contribution in [2.75, 3.05) is 25.5 Å². The lowest BCUT2D eigenvalue weighted by atomic mass is 10.0. The van der Waals surface area contributed by atoms with Crippen LogP contribution < -0.4 is 5.32 Å². The summed E-state index contributed by atoms with van der Waals surface area (Å²) in [5.41, 5.74) is 1.58. The Morgan fingerprint density at radius 1 is 1.30 bits per heavy atom. The summed E-state index contributed by atoms with van der Waals surface area (Å²) in [4.78, 5) is 18.9. The molecule has 112 valence electrons. The van der Waals surface area contributed by atoms with Crippen LogP contribution in [0.1, 0.15) is 49.7 Å². The van der Waals surface area contributed by atoms with Gasteiger partial charge in [0.05, 0.1) is 0 Å². The lowest BCUT2D eigenvalue weighted by Crippen LogP contribution is -2.35. The van der Waals surface area contributed by atoms with Crippen LogP contribution in [0.2, 0.25) is 0 Å². The molecule has 1 aromatic rings. The summed E-state index contributed by atoms with van der Waals surface area (Å²) in [6.45, 7) is 9.89. The second kappa shape index (κ2) is 7.88. The number of nitrogens with one attached hydrogen (secondary N) is 1. The maximum Gasteiger partial charge on any atom is 0.254 e. The summed E-state index contributed by atoms with van der Waals surface area (Å²) in [6, 6.07) is 3.68. The van der Waals surface area contributed by atoms with Crippen LogP contribution in [0, 0.1) is 12.8 Å². The fourth-order valence-electron chi connectivity index (χ4n) is 2.32. The fraction of sp³-hybridized carbons (Fsp3) is 0.625. The fourth-order valence-corrected chi connectivity index (χ4v) is 2.32. The van der Waals surface area contributed by atoms with E-state index in [1.165, 1.54) is 0 Å². The van der Waals surface area contributed by atoms with E-state index >= 15 is 0 Å². The number of aromatic nitrogens is 1. The molecule has 0 saturated heterocycles. The summed E-state index contributed by atoms with van der Waals surface area (Å²) in [5, 5.41) is 3.00. The zero-order valence-corrected chi connectivity index (χ0v) is 13.4. The third-order valence-electron chi connectivity index (χ3n) is 3.76. The van der Waals surface area contributed by atoms with E-state index in [0.29, 0.717) is 5.92 Å². The lowest BCUT2D eigenvalue weighted by Gasteiger charge is -2.25. The first-order valence-corrected chi connectivity index (χ1v) is 7.51. The van der Waals surface area contributed by atoms with Gasteiger partial charge in [0.15, 0.2) is 0 Å². The maximum atomic E-state index is 12.6. The van der Waals surface area contributed by atoms with Crippen LogP contribution in [-0.2, 0) is 0 Å². The third kappa shape index (κ3) is 4.22. The van der Waals surface area contributed by atoms with Crippen LogP contribution in [0.15, 0.2) is 12.1 Å². The zero-order valence-electron chi connectivity index (χ0n) is 13.4. The molecule has 1 heterocycles. The Hall–Kier alpha value is -1.58. The highest BCUT2D eigenvalue weighted by Gasteiger charge is 2.18. The molecular formula is C16H27N3O. The predicted octanol–water partition coefficient (Wildman–Crippen LogP) is 3.33. The highest BCUT2D eigenvalue weighted by atomic mass is 16.2. The molecule has 1 rings (SSSR count). The minimum atomic E-state index is 0.0985. The molecule has 0 atom stereocenters. The highest BCUT2D eigenvalue weighted by Crippen LogP contribution is 2.15. The molecule has 0 aliphatic carbocycles. The molecule has 4 heteroatoms. The van der Waals surface area contributed by atoms with E-state index in [0.717, 1.165) is 43.0 Å². The average molecular weight is 277 g/mol. The van der Waals surface area contributed by atoms with Crippen LogP contribution in [0.25, 0.3) is 0 Å². The number of aryl methyl sites for hydroxylation is 1. The van der Waals surface area contributed by atoms with Gasteiger partial charge in [0.25, 0.3) is 5.91 Å². The van der Waals surface area contributed by atoms with Crippen LogP contribution >= 0.6 is 0 Å². The second-order valence-electron chi connectivity index (χ2n) is 5.16. The number of hydrogen-bond donors (Lipinski definition) is 1. The minimum Gasteiger partial charge on any atom is -0.373 e. The Morgan fingerprint density at radius 2 is 1.95 bits per heavy atom. The van der Waals surface area contributed by atoms with Gasteiger partial charge in [-0.25, -0.2) is 4.98 Å². The van der Waals surface area contributed by atoms with E-state index in [1.54, 1.807) is 0 Å². The molecule has 0 spiro atoms. The minimum absolute atomic E-state index is 0.0985. The molecule has 0 aliphatic heterocycles. The monoisotopic (exact) mass is 277 g/mol. The highest BCUT2D eigenvalue weighted by molar-refractivity contribution is 5.95. The van der Waals surface area contributed by atoms with Crippen molar-refractivity contribution in [1.29, 1.82) is 0 Å².